The summed E-state index contributed by atoms with van der Waals surface area (Å²) in [5, 5.41) is 0. The first-order chi connectivity index (χ1) is 9.90. The fourth-order valence-corrected chi connectivity index (χ4v) is 2.19. The van der Waals surface area contributed by atoms with Crippen molar-refractivity contribution in [3.8, 4) is 0 Å². The lowest BCUT2D eigenvalue weighted by Crippen LogP contribution is -1.98. The largest absolute Gasteiger partial charge is 0.404 e. The fourth-order valence-electron chi connectivity index (χ4n) is 2.19. The molecule has 0 fully saturated rings. The topological polar surface area (TPSA) is 38.9 Å². The monoisotopic (exact) mass is 282 g/mol. The van der Waals surface area contributed by atoms with Gasteiger partial charge >= 0.3 is 0 Å². The predicted molar refractivity (Wildman–Crippen MR) is 92.8 cm³/mol. The van der Waals surface area contributed by atoms with Crippen molar-refractivity contribution < 1.29 is 0 Å². The van der Waals surface area contributed by atoms with Crippen molar-refractivity contribution in [2.24, 2.45) is 5.73 Å². The van der Waals surface area contributed by atoms with Crippen LogP contribution in [-0.2, 0) is 6.42 Å². The molecule has 0 bridgehead atoms. The van der Waals surface area contributed by atoms with E-state index in [0.29, 0.717) is 0 Å². The van der Waals surface area contributed by atoms with Crippen LogP contribution in [0.25, 0.3) is 5.57 Å². The molecule has 0 spiro atoms. The van der Waals surface area contributed by atoms with Gasteiger partial charge in [0.2, 0.25) is 0 Å². The molecule has 2 N–H and O–H groups in total. The molecule has 112 valence electrons. The zero-order valence-corrected chi connectivity index (χ0v) is 13.7. The second-order valence-corrected chi connectivity index (χ2v) is 5.48. The summed E-state index contributed by atoms with van der Waals surface area (Å²) in [6.45, 7) is 16.3. The first kappa shape index (κ1) is 17.0. The molecular formula is C19H26N2. The van der Waals surface area contributed by atoms with E-state index in [4.69, 9.17) is 5.73 Å². The lowest BCUT2D eigenvalue weighted by Gasteiger charge is -2.13. The Morgan fingerprint density at radius 3 is 2.38 bits per heavy atom. The normalized spacial score (nSPS) is 12.4. The Balaban J connectivity index is 3.34. The highest BCUT2D eigenvalue weighted by Crippen LogP contribution is 2.27. The number of allylic oxidation sites excluding steroid dienone is 5. The lowest BCUT2D eigenvalue weighted by molar-refractivity contribution is 0.879. The van der Waals surface area contributed by atoms with E-state index in [1.54, 1.807) is 6.20 Å². The van der Waals surface area contributed by atoms with E-state index < -0.39 is 0 Å². The first-order valence-electron chi connectivity index (χ1n) is 7.31. The van der Waals surface area contributed by atoms with Gasteiger partial charge in [0, 0.05) is 23.7 Å². The van der Waals surface area contributed by atoms with Crippen LogP contribution in [0.5, 0.6) is 0 Å². The van der Waals surface area contributed by atoms with E-state index in [1.165, 1.54) is 5.56 Å². The number of nitrogens with zero attached hydrogens (tertiary/aromatic N) is 1. The molecule has 2 nitrogen and oxygen atoms in total. The molecule has 0 aliphatic carbocycles. The van der Waals surface area contributed by atoms with Crippen LogP contribution < -0.4 is 5.73 Å². The van der Waals surface area contributed by atoms with Crippen LogP contribution in [0.4, 0.5) is 0 Å². The van der Waals surface area contributed by atoms with Crippen LogP contribution in [0, 0.1) is 6.92 Å². The summed E-state index contributed by atoms with van der Waals surface area (Å²) in [4.78, 5) is 4.56. The van der Waals surface area contributed by atoms with E-state index in [9.17, 15) is 0 Å². The van der Waals surface area contributed by atoms with Crippen molar-refractivity contribution in [1.29, 1.82) is 0 Å². The molecule has 0 unspecified atom stereocenters. The van der Waals surface area contributed by atoms with Gasteiger partial charge in [-0.25, -0.2) is 0 Å². The summed E-state index contributed by atoms with van der Waals surface area (Å²) in [6, 6.07) is 2.15. The number of aryl methyl sites for hydroxylation is 2. The number of pyridine rings is 1. The van der Waals surface area contributed by atoms with Gasteiger partial charge in [-0.3, -0.25) is 4.98 Å². The van der Waals surface area contributed by atoms with E-state index in [-0.39, 0.29) is 0 Å². The van der Waals surface area contributed by atoms with Crippen LogP contribution in [0.3, 0.4) is 0 Å². The minimum absolute atomic E-state index is 0.921. The highest BCUT2D eigenvalue weighted by molar-refractivity contribution is 5.81. The maximum atomic E-state index is 5.69. The van der Waals surface area contributed by atoms with Crippen LogP contribution in [0.15, 0.2) is 54.4 Å². The van der Waals surface area contributed by atoms with Crippen molar-refractivity contribution in [2.75, 3.05) is 0 Å². The zero-order valence-electron chi connectivity index (χ0n) is 13.7. The molecule has 0 radical (unpaired) electrons. The van der Waals surface area contributed by atoms with Crippen LogP contribution in [-0.4, -0.2) is 4.98 Å². The van der Waals surface area contributed by atoms with Crippen LogP contribution >= 0.6 is 0 Å². The maximum absolute atomic E-state index is 5.69. The summed E-state index contributed by atoms with van der Waals surface area (Å²) in [7, 11) is 0. The third-order valence-corrected chi connectivity index (χ3v) is 3.40. The minimum atomic E-state index is 0.921. The Morgan fingerprint density at radius 2 is 1.95 bits per heavy atom. The minimum Gasteiger partial charge on any atom is -0.404 e. The van der Waals surface area contributed by atoms with Gasteiger partial charge in [0.25, 0.3) is 0 Å². The van der Waals surface area contributed by atoms with Gasteiger partial charge in [-0.2, -0.15) is 0 Å². The first-order valence-corrected chi connectivity index (χ1v) is 7.31. The summed E-state index contributed by atoms with van der Waals surface area (Å²) in [5.41, 5.74) is 13.0. The van der Waals surface area contributed by atoms with Crippen molar-refractivity contribution in [3.63, 3.8) is 0 Å². The Labute approximate surface area is 128 Å². The molecular weight excluding hydrogens is 256 g/mol. The standard InChI is InChI=1S/C19H26N2/c1-7-8-17-9-15(6)19(12-21-17)18(14(4)5)10-16(11-20)13(2)3/h9-12H,2,4,7-8,20H2,1,3,5-6H3/b16-11-,18-10+. The average Bonchev–Trinajstić information content (AvgIpc) is 2.41. The van der Waals surface area contributed by atoms with E-state index in [2.05, 4.69) is 38.1 Å². The molecule has 0 amide bonds. The second-order valence-electron chi connectivity index (χ2n) is 5.48. The molecule has 1 heterocycles. The van der Waals surface area contributed by atoms with Crippen molar-refractivity contribution >= 4 is 5.57 Å². The van der Waals surface area contributed by atoms with Gasteiger partial charge in [0.05, 0.1) is 0 Å². The molecule has 0 saturated heterocycles. The van der Waals surface area contributed by atoms with Gasteiger partial charge in [-0.15, -0.1) is 0 Å². The third-order valence-electron chi connectivity index (χ3n) is 3.40. The summed E-state index contributed by atoms with van der Waals surface area (Å²) >= 11 is 0. The molecule has 1 aromatic heterocycles. The van der Waals surface area contributed by atoms with Crippen molar-refractivity contribution in [1.82, 2.24) is 4.98 Å². The number of nitrogens with two attached hydrogens (primary N) is 1. The van der Waals surface area contributed by atoms with E-state index in [1.807, 2.05) is 26.1 Å². The van der Waals surface area contributed by atoms with E-state index in [0.717, 1.165) is 46.4 Å². The van der Waals surface area contributed by atoms with Gasteiger partial charge in [0.15, 0.2) is 0 Å². The average molecular weight is 282 g/mol. The molecule has 2 heteroatoms. The van der Waals surface area contributed by atoms with Gasteiger partial charge < -0.3 is 5.73 Å². The molecule has 0 saturated carbocycles. The summed E-state index contributed by atoms with van der Waals surface area (Å²) < 4.78 is 0. The highest BCUT2D eigenvalue weighted by atomic mass is 14.7. The Morgan fingerprint density at radius 1 is 1.29 bits per heavy atom. The molecule has 0 aliphatic heterocycles. The third kappa shape index (κ3) is 4.45. The summed E-state index contributed by atoms with van der Waals surface area (Å²) in [6.07, 6.45) is 7.67. The Hall–Kier alpha value is -2.09. The fraction of sp³-hybridized carbons (Fsp3) is 0.316. The van der Waals surface area contributed by atoms with Crippen LogP contribution in [0.1, 0.15) is 44.0 Å². The lowest BCUT2D eigenvalue weighted by atomic mass is 9.94. The Kier molecular flexibility index (Phi) is 6.16. The number of rotatable bonds is 6. The smallest absolute Gasteiger partial charge is 0.0406 e. The van der Waals surface area contributed by atoms with Gasteiger partial charge in [-0.05, 0) is 61.6 Å². The Bertz CT molecular complexity index is 604. The molecule has 0 aliphatic rings. The number of hydrogen-bond donors (Lipinski definition) is 1. The molecule has 1 rings (SSSR count). The SMILES string of the molecule is C=C(C)C(=C\N)/C=C(\C(=C)C)c1cnc(CCC)cc1C. The molecule has 1 aromatic rings. The van der Waals surface area contributed by atoms with Crippen LogP contribution in [0.2, 0.25) is 0 Å². The maximum Gasteiger partial charge on any atom is 0.0406 e. The van der Waals surface area contributed by atoms with Gasteiger partial charge in [-0.1, -0.05) is 32.1 Å². The summed E-state index contributed by atoms with van der Waals surface area (Å²) in [5.74, 6) is 0. The number of hydrogen-bond acceptors (Lipinski definition) is 2. The molecule has 0 aromatic carbocycles. The molecule has 21 heavy (non-hydrogen) atoms. The van der Waals surface area contributed by atoms with Crippen molar-refractivity contribution in [3.05, 3.63) is 71.2 Å². The zero-order chi connectivity index (χ0) is 16.0. The van der Waals surface area contributed by atoms with Gasteiger partial charge in [0.1, 0.15) is 0 Å². The van der Waals surface area contributed by atoms with Crippen molar-refractivity contribution in [2.45, 2.75) is 40.5 Å². The highest BCUT2D eigenvalue weighted by Gasteiger charge is 2.09. The van der Waals surface area contributed by atoms with E-state index >= 15 is 0 Å². The number of aromatic nitrogens is 1. The second kappa shape index (κ2) is 7.63. The predicted octanol–water partition coefficient (Wildman–Crippen LogP) is 4.72. The molecule has 0 atom stereocenters. The quantitative estimate of drug-likeness (QED) is 0.767.